The van der Waals surface area contributed by atoms with Gasteiger partial charge in [-0.1, -0.05) is 6.92 Å². The van der Waals surface area contributed by atoms with Gasteiger partial charge in [0.2, 0.25) is 5.88 Å². The maximum atomic E-state index is 11.6. The third kappa shape index (κ3) is 3.50. The lowest BCUT2D eigenvalue weighted by Gasteiger charge is -2.22. The van der Waals surface area contributed by atoms with Crippen molar-refractivity contribution in [3.05, 3.63) is 6.33 Å². The Labute approximate surface area is 119 Å². The first kappa shape index (κ1) is 14.8. The molecule has 1 aliphatic heterocycles. The number of aromatic nitrogens is 2. The van der Waals surface area contributed by atoms with E-state index >= 15 is 0 Å². The second kappa shape index (κ2) is 6.25. The van der Waals surface area contributed by atoms with E-state index in [0.29, 0.717) is 43.5 Å². The molecule has 0 atom stereocenters. The predicted octanol–water partition coefficient (Wildman–Crippen LogP) is 0.473. The van der Waals surface area contributed by atoms with Gasteiger partial charge in [-0.15, -0.1) is 0 Å². The molecule has 0 aromatic carbocycles. The summed E-state index contributed by atoms with van der Waals surface area (Å²) in [7, 11) is -2.95. The summed E-state index contributed by atoms with van der Waals surface area (Å²) in [5.41, 5.74) is 6.41. The first-order valence-electron chi connectivity index (χ1n) is 6.72. The molecule has 0 saturated carbocycles. The van der Waals surface area contributed by atoms with Crippen LogP contribution in [0.1, 0.15) is 19.8 Å². The molecule has 20 heavy (non-hydrogen) atoms. The van der Waals surface area contributed by atoms with Crippen LogP contribution in [0.25, 0.3) is 0 Å². The van der Waals surface area contributed by atoms with Crippen LogP contribution in [-0.4, -0.2) is 49.6 Å². The standard InChI is InChI=1S/C12H20N4O3S/c1-2-6-19-12-10(13)11(14-9-15-12)16-4-3-7-20(17,18)8-5-16/h9H,2-8,13H2,1H3. The molecule has 1 fully saturated rings. The van der Waals surface area contributed by atoms with Crippen molar-refractivity contribution < 1.29 is 13.2 Å². The van der Waals surface area contributed by atoms with Crippen LogP contribution in [0.5, 0.6) is 5.88 Å². The first-order valence-corrected chi connectivity index (χ1v) is 8.54. The zero-order valence-corrected chi connectivity index (χ0v) is 12.4. The van der Waals surface area contributed by atoms with Gasteiger partial charge in [0.25, 0.3) is 0 Å². The second-order valence-electron chi connectivity index (χ2n) is 4.76. The topological polar surface area (TPSA) is 98.4 Å². The number of hydrogen-bond acceptors (Lipinski definition) is 7. The SMILES string of the molecule is CCCOc1ncnc(N2CCCS(=O)(=O)CC2)c1N. The number of nitrogen functional groups attached to an aromatic ring is 1. The quantitative estimate of drug-likeness (QED) is 0.863. The molecule has 8 heteroatoms. The van der Waals surface area contributed by atoms with E-state index in [4.69, 9.17) is 10.5 Å². The Morgan fingerprint density at radius 2 is 2.15 bits per heavy atom. The van der Waals surface area contributed by atoms with Gasteiger partial charge in [-0.2, -0.15) is 4.98 Å². The molecular weight excluding hydrogens is 280 g/mol. The summed E-state index contributed by atoms with van der Waals surface area (Å²) in [5.74, 6) is 1.27. The minimum Gasteiger partial charge on any atom is -0.476 e. The number of nitrogens with zero attached hydrogens (tertiary/aromatic N) is 3. The van der Waals surface area contributed by atoms with Crippen molar-refractivity contribution in [1.29, 1.82) is 0 Å². The molecule has 2 N–H and O–H groups in total. The lowest BCUT2D eigenvalue weighted by Crippen LogP contribution is -2.28. The lowest BCUT2D eigenvalue weighted by molar-refractivity contribution is 0.306. The molecule has 0 radical (unpaired) electrons. The largest absolute Gasteiger partial charge is 0.476 e. The number of nitrogens with two attached hydrogens (primary N) is 1. The fourth-order valence-electron chi connectivity index (χ4n) is 2.09. The van der Waals surface area contributed by atoms with Crippen LogP contribution in [0.2, 0.25) is 0 Å². The van der Waals surface area contributed by atoms with Gasteiger partial charge < -0.3 is 15.4 Å². The minimum absolute atomic E-state index is 0.127. The molecule has 1 aromatic heterocycles. The molecule has 1 aliphatic rings. The van der Waals surface area contributed by atoms with Crippen molar-refractivity contribution in [1.82, 2.24) is 9.97 Å². The van der Waals surface area contributed by atoms with Gasteiger partial charge in [-0.3, -0.25) is 0 Å². The van der Waals surface area contributed by atoms with Gasteiger partial charge in [0.15, 0.2) is 15.7 Å². The Hall–Kier alpha value is -1.57. The summed E-state index contributed by atoms with van der Waals surface area (Å²) < 4.78 is 28.7. The monoisotopic (exact) mass is 300 g/mol. The molecule has 0 spiro atoms. The maximum Gasteiger partial charge on any atom is 0.242 e. The molecule has 7 nitrogen and oxygen atoms in total. The van der Waals surface area contributed by atoms with Crippen molar-refractivity contribution in [2.24, 2.45) is 0 Å². The predicted molar refractivity (Wildman–Crippen MR) is 77.7 cm³/mol. The van der Waals surface area contributed by atoms with E-state index in [1.54, 1.807) is 0 Å². The Morgan fingerprint density at radius 3 is 2.90 bits per heavy atom. The highest BCUT2D eigenvalue weighted by Crippen LogP contribution is 2.28. The highest BCUT2D eigenvalue weighted by Gasteiger charge is 2.22. The normalized spacial score (nSPS) is 18.6. The Morgan fingerprint density at radius 1 is 1.35 bits per heavy atom. The van der Waals surface area contributed by atoms with Gasteiger partial charge >= 0.3 is 0 Å². The molecule has 0 aliphatic carbocycles. The highest BCUT2D eigenvalue weighted by atomic mass is 32.2. The van der Waals surface area contributed by atoms with Gasteiger partial charge in [0.1, 0.15) is 12.0 Å². The molecule has 0 bridgehead atoms. The number of hydrogen-bond donors (Lipinski definition) is 1. The van der Waals surface area contributed by atoms with Crippen molar-refractivity contribution >= 4 is 21.3 Å². The third-order valence-electron chi connectivity index (χ3n) is 3.12. The molecule has 2 heterocycles. The molecule has 1 saturated heterocycles. The number of anilines is 2. The second-order valence-corrected chi connectivity index (χ2v) is 7.06. The van der Waals surface area contributed by atoms with Crippen LogP contribution in [-0.2, 0) is 9.84 Å². The van der Waals surface area contributed by atoms with Crippen molar-refractivity contribution in [3.63, 3.8) is 0 Å². The van der Waals surface area contributed by atoms with Gasteiger partial charge in [0, 0.05) is 13.1 Å². The van der Waals surface area contributed by atoms with Gasteiger partial charge in [-0.05, 0) is 12.8 Å². The van der Waals surface area contributed by atoms with Crippen molar-refractivity contribution in [2.75, 3.05) is 41.8 Å². The van der Waals surface area contributed by atoms with Gasteiger partial charge in [-0.25, -0.2) is 13.4 Å². The van der Waals surface area contributed by atoms with E-state index in [2.05, 4.69) is 9.97 Å². The van der Waals surface area contributed by atoms with Crippen LogP contribution in [0.4, 0.5) is 11.5 Å². The van der Waals surface area contributed by atoms with E-state index in [1.807, 2.05) is 11.8 Å². The van der Waals surface area contributed by atoms with Crippen molar-refractivity contribution in [2.45, 2.75) is 19.8 Å². The zero-order chi connectivity index (χ0) is 14.6. The van der Waals surface area contributed by atoms with Crippen LogP contribution < -0.4 is 15.4 Å². The maximum absolute atomic E-state index is 11.6. The fourth-order valence-corrected chi connectivity index (χ4v) is 3.36. The Balaban J connectivity index is 2.19. The fraction of sp³-hybridized carbons (Fsp3) is 0.667. The number of sulfone groups is 1. The van der Waals surface area contributed by atoms with Crippen LogP contribution in [0, 0.1) is 0 Å². The summed E-state index contributed by atoms with van der Waals surface area (Å²) in [4.78, 5) is 10.1. The number of ether oxygens (including phenoxy) is 1. The molecule has 1 aromatic rings. The van der Waals surface area contributed by atoms with E-state index in [0.717, 1.165) is 6.42 Å². The van der Waals surface area contributed by atoms with Gasteiger partial charge in [0.05, 0.1) is 18.1 Å². The smallest absolute Gasteiger partial charge is 0.242 e. The third-order valence-corrected chi connectivity index (χ3v) is 4.84. The average molecular weight is 300 g/mol. The molecule has 112 valence electrons. The summed E-state index contributed by atoms with van der Waals surface area (Å²) in [6.07, 6.45) is 2.84. The van der Waals surface area contributed by atoms with E-state index in [1.165, 1.54) is 6.33 Å². The van der Waals surface area contributed by atoms with E-state index in [9.17, 15) is 8.42 Å². The molecule has 0 amide bonds. The van der Waals surface area contributed by atoms with Crippen LogP contribution >= 0.6 is 0 Å². The first-order chi connectivity index (χ1) is 9.53. The molecule has 2 rings (SSSR count). The summed E-state index contributed by atoms with van der Waals surface area (Å²) in [6.45, 7) is 3.55. The van der Waals surface area contributed by atoms with E-state index < -0.39 is 9.84 Å². The van der Waals surface area contributed by atoms with Crippen LogP contribution in [0.3, 0.4) is 0 Å². The molecule has 0 unspecified atom stereocenters. The summed E-state index contributed by atoms with van der Waals surface area (Å²) in [5, 5.41) is 0. The average Bonchev–Trinajstić information content (AvgIpc) is 2.59. The van der Waals surface area contributed by atoms with Crippen LogP contribution in [0.15, 0.2) is 6.33 Å². The Bertz CT molecular complexity index is 562. The Kier molecular flexibility index (Phi) is 4.64. The summed E-state index contributed by atoms with van der Waals surface area (Å²) in [6, 6.07) is 0. The number of rotatable bonds is 4. The molecular formula is C12H20N4O3S. The lowest BCUT2D eigenvalue weighted by atomic mass is 10.3. The summed E-state index contributed by atoms with van der Waals surface area (Å²) >= 11 is 0. The van der Waals surface area contributed by atoms with Crippen molar-refractivity contribution in [3.8, 4) is 5.88 Å². The zero-order valence-electron chi connectivity index (χ0n) is 11.6. The highest BCUT2D eigenvalue weighted by molar-refractivity contribution is 7.91. The minimum atomic E-state index is -2.95. The van der Waals surface area contributed by atoms with E-state index in [-0.39, 0.29) is 11.5 Å².